The number of aliphatic hydroxyl groups excluding tert-OH is 1. The molecule has 4 N–H and O–H groups in total. The monoisotopic (exact) mass is 545 g/mol. The maximum atomic E-state index is 12.3. The highest BCUT2D eigenvalue weighted by Crippen LogP contribution is 2.31. The van der Waals surface area contributed by atoms with Crippen LogP contribution in [0.3, 0.4) is 0 Å². The van der Waals surface area contributed by atoms with Crippen molar-refractivity contribution in [3.63, 3.8) is 0 Å². The summed E-state index contributed by atoms with van der Waals surface area (Å²) in [5.41, 5.74) is 1.79. The molecule has 1 unspecified atom stereocenters. The molecule has 1 aromatic carbocycles. The zero-order valence-corrected chi connectivity index (χ0v) is 20.7. The average molecular weight is 545 g/mol. The maximum Gasteiger partial charge on any atom is 0.321 e. The van der Waals surface area contributed by atoms with Gasteiger partial charge in [-0.2, -0.15) is 0 Å². The standard InChI is InChI=1S/C22H35N5O3.HI/c1-2-23-20(25-16-22(8-12-28)9-13-30-17-22)24-15-18-6-5-7-19(14-18)26-21(29)27-10-3-4-11-27;/h5-7,14,28H,2-4,8-13,15-17H2,1H3,(H,26,29)(H2,23,24,25);1H. The number of anilines is 1. The zero-order chi connectivity index (χ0) is 21.2. The Morgan fingerprint density at radius 3 is 2.77 bits per heavy atom. The normalized spacial score (nSPS) is 21.0. The Bertz CT molecular complexity index is 719. The van der Waals surface area contributed by atoms with Crippen molar-refractivity contribution in [1.29, 1.82) is 0 Å². The molecule has 1 atom stereocenters. The van der Waals surface area contributed by atoms with E-state index in [0.717, 1.165) is 69.1 Å². The van der Waals surface area contributed by atoms with Crippen molar-refractivity contribution in [1.82, 2.24) is 15.5 Å². The lowest BCUT2D eigenvalue weighted by Gasteiger charge is -2.27. The van der Waals surface area contributed by atoms with E-state index in [4.69, 9.17) is 9.73 Å². The third-order valence-corrected chi connectivity index (χ3v) is 5.79. The molecule has 2 aliphatic heterocycles. The number of carbonyl (C=O) groups excluding carboxylic acids is 1. The molecule has 2 amide bonds. The predicted octanol–water partition coefficient (Wildman–Crippen LogP) is 2.78. The molecule has 2 fully saturated rings. The summed E-state index contributed by atoms with van der Waals surface area (Å²) in [4.78, 5) is 18.9. The van der Waals surface area contributed by atoms with Gasteiger partial charge in [-0.1, -0.05) is 12.1 Å². The van der Waals surface area contributed by atoms with E-state index < -0.39 is 0 Å². The molecule has 0 spiro atoms. The topological polar surface area (TPSA) is 98.2 Å². The fourth-order valence-corrected chi connectivity index (χ4v) is 3.97. The number of nitrogens with one attached hydrogen (secondary N) is 3. The van der Waals surface area contributed by atoms with E-state index in [0.29, 0.717) is 19.7 Å². The van der Waals surface area contributed by atoms with Crippen LogP contribution in [0, 0.1) is 5.41 Å². The van der Waals surface area contributed by atoms with Crippen molar-refractivity contribution in [3.05, 3.63) is 29.8 Å². The first-order valence-corrected chi connectivity index (χ1v) is 11.0. The van der Waals surface area contributed by atoms with Gasteiger partial charge in [0.15, 0.2) is 5.96 Å². The second-order valence-corrected chi connectivity index (χ2v) is 8.15. The highest BCUT2D eigenvalue weighted by molar-refractivity contribution is 14.0. The van der Waals surface area contributed by atoms with Gasteiger partial charge in [0.25, 0.3) is 0 Å². The molecule has 31 heavy (non-hydrogen) atoms. The Kier molecular flexibility index (Phi) is 10.8. The van der Waals surface area contributed by atoms with Crippen molar-refractivity contribution < 1.29 is 14.6 Å². The van der Waals surface area contributed by atoms with Gasteiger partial charge in [0.2, 0.25) is 0 Å². The van der Waals surface area contributed by atoms with Crippen LogP contribution in [-0.2, 0) is 11.3 Å². The zero-order valence-electron chi connectivity index (χ0n) is 18.4. The first-order valence-electron chi connectivity index (χ1n) is 11.0. The molecule has 0 radical (unpaired) electrons. The molecule has 8 nitrogen and oxygen atoms in total. The number of amides is 2. The van der Waals surface area contributed by atoms with Gasteiger partial charge in [0.1, 0.15) is 0 Å². The number of likely N-dealkylation sites (tertiary alicyclic amines) is 1. The van der Waals surface area contributed by atoms with E-state index in [2.05, 4.69) is 16.0 Å². The first-order chi connectivity index (χ1) is 14.6. The molecule has 2 saturated heterocycles. The molecule has 2 aliphatic rings. The van der Waals surface area contributed by atoms with E-state index in [1.807, 2.05) is 36.1 Å². The number of aliphatic hydroxyl groups is 1. The summed E-state index contributed by atoms with van der Waals surface area (Å²) in [6.45, 7) is 7.25. The van der Waals surface area contributed by atoms with Crippen molar-refractivity contribution >= 4 is 41.7 Å². The molecule has 0 aliphatic carbocycles. The minimum atomic E-state index is -0.0370. The quantitative estimate of drug-likeness (QED) is 0.229. The maximum absolute atomic E-state index is 12.3. The lowest BCUT2D eigenvalue weighted by atomic mass is 9.84. The first kappa shape index (κ1) is 25.7. The molecular formula is C22H36IN5O3. The van der Waals surface area contributed by atoms with Crippen molar-refractivity contribution in [3.8, 4) is 0 Å². The van der Waals surface area contributed by atoms with Crippen molar-refractivity contribution in [2.75, 3.05) is 51.3 Å². The summed E-state index contributed by atoms with van der Waals surface area (Å²) in [7, 11) is 0. The van der Waals surface area contributed by atoms with Gasteiger partial charge >= 0.3 is 6.03 Å². The number of urea groups is 1. The minimum Gasteiger partial charge on any atom is -0.396 e. The number of rotatable bonds is 8. The van der Waals surface area contributed by atoms with E-state index in [1.54, 1.807) is 0 Å². The number of carbonyl (C=O) groups is 1. The number of guanidine groups is 1. The molecule has 2 heterocycles. The fraction of sp³-hybridized carbons (Fsp3) is 0.636. The summed E-state index contributed by atoms with van der Waals surface area (Å²) in [5.74, 6) is 0.744. The van der Waals surface area contributed by atoms with Crippen molar-refractivity contribution in [2.45, 2.75) is 39.2 Å². The highest BCUT2D eigenvalue weighted by Gasteiger charge is 2.34. The number of nitrogens with zero attached hydrogens (tertiary/aromatic N) is 2. The molecule has 3 rings (SSSR count). The Morgan fingerprint density at radius 1 is 1.29 bits per heavy atom. The Hall–Kier alpha value is -1.59. The van der Waals surface area contributed by atoms with Crippen LogP contribution in [0.25, 0.3) is 0 Å². The highest BCUT2D eigenvalue weighted by atomic mass is 127. The molecule has 0 bridgehead atoms. The van der Waals surface area contributed by atoms with Gasteiger partial charge in [0, 0.05) is 50.5 Å². The third-order valence-electron chi connectivity index (χ3n) is 5.79. The van der Waals surface area contributed by atoms with Crippen LogP contribution in [0.4, 0.5) is 10.5 Å². The SMILES string of the molecule is CCNC(=NCc1cccc(NC(=O)N2CCCC2)c1)NCC1(CCO)CCOC1.I. The Balaban J connectivity index is 0.00000341. The minimum absolute atomic E-state index is 0. The smallest absolute Gasteiger partial charge is 0.321 e. The van der Waals surface area contributed by atoms with Crippen LogP contribution >= 0.6 is 24.0 Å². The van der Waals surface area contributed by atoms with Gasteiger partial charge < -0.3 is 30.7 Å². The molecule has 174 valence electrons. The number of hydrogen-bond acceptors (Lipinski definition) is 4. The van der Waals surface area contributed by atoms with E-state index in [9.17, 15) is 9.90 Å². The predicted molar refractivity (Wildman–Crippen MR) is 134 cm³/mol. The second kappa shape index (κ2) is 13.1. The summed E-state index contributed by atoms with van der Waals surface area (Å²) >= 11 is 0. The Labute approximate surface area is 202 Å². The van der Waals surface area contributed by atoms with E-state index in [1.165, 1.54) is 0 Å². The molecule has 0 aromatic heterocycles. The number of aliphatic imine (C=N–C) groups is 1. The number of benzene rings is 1. The largest absolute Gasteiger partial charge is 0.396 e. The fourth-order valence-electron chi connectivity index (χ4n) is 3.97. The number of halogens is 1. The van der Waals surface area contributed by atoms with Gasteiger partial charge in [-0.3, -0.25) is 0 Å². The number of hydrogen-bond donors (Lipinski definition) is 4. The lowest BCUT2D eigenvalue weighted by molar-refractivity contribution is 0.127. The van der Waals surface area contributed by atoms with Crippen LogP contribution in [0.5, 0.6) is 0 Å². The van der Waals surface area contributed by atoms with Crippen LogP contribution in [0.1, 0.15) is 38.2 Å². The Morgan fingerprint density at radius 2 is 2.10 bits per heavy atom. The lowest BCUT2D eigenvalue weighted by Crippen LogP contribution is -2.44. The van der Waals surface area contributed by atoms with Gasteiger partial charge in [0.05, 0.1) is 13.2 Å². The summed E-state index contributed by atoms with van der Waals surface area (Å²) in [6, 6.07) is 7.80. The van der Waals surface area contributed by atoms with E-state index >= 15 is 0 Å². The second-order valence-electron chi connectivity index (χ2n) is 8.15. The van der Waals surface area contributed by atoms with Crippen LogP contribution in [0.2, 0.25) is 0 Å². The number of ether oxygens (including phenoxy) is 1. The van der Waals surface area contributed by atoms with Crippen LogP contribution in [0.15, 0.2) is 29.3 Å². The summed E-state index contributed by atoms with van der Waals surface area (Å²) in [6.07, 6.45) is 3.82. The van der Waals surface area contributed by atoms with Gasteiger partial charge in [-0.05, 0) is 50.3 Å². The van der Waals surface area contributed by atoms with Gasteiger partial charge in [-0.25, -0.2) is 9.79 Å². The molecular weight excluding hydrogens is 509 g/mol. The van der Waals surface area contributed by atoms with Gasteiger partial charge in [-0.15, -0.1) is 24.0 Å². The summed E-state index contributed by atoms with van der Waals surface area (Å²) < 4.78 is 5.57. The molecule has 0 saturated carbocycles. The van der Waals surface area contributed by atoms with Crippen LogP contribution in [-0.4, -0.2) is 68.0 Å². The average Bonchev–Trinajstić information content (AvgIpc) is 3.44. The van der Waals surface area contributed by atoms with Crippen LogP contribution < -0.4 is 16.0 Å². The molecule has 1 aromatic rings. The summed E-state index contributed by atoms with van der Waals surface area (Å²) in [5, 5.41) is 19.1. The van der Waals surface area contributed by atoms with Crippen molar-refractivity contribution in [2.24, 2.45) is 10.4 Å². The third kappa shape index (κ3) is 7.80. The molecule has 9 heteroatoms. The van der Waals surface area contributed by atoms with E-state index in [-0.39, 0.29) is 42.0 Å².